The molecule has 0 aromatic heterocycles. The van der Waals surface area contributed by atoms with Crippen molar-refractivity contribution < 1.29 is 23.9 Å². The first kappa shape index (κ1) is 21.0. The smallest absolute Gasteiger partial charge is 0.306 e. The Labute approximate surface area is 164 Å². The minimum Gasteiger partial charge on any atom is -0.494 e. The number of carbonyl (C=O) groups excluding carboxylic acids is 3. The Hall–Kier alpha value is -3.35. The fourth-order valence-electron chi connectivity index (χ4n) is 2.51. The lowest BCUT2D eigenvalue weighted by Crippen LogP contribution is -2.21. The van der Waals surface area contributed by atoms with E-state index in [0.717, 1.165) is 11.3 Å². The van der Waals surface area contributed by atoms with E-state index >= 15 is 0 Å². The first-order valence-corrected chi connectivity index (χ1v) is 9.01. The fraction of sp³-hybridized carbons (Fsp3) is 0.286. The van der Waals surface area contributed by atoms with Crippen LogP contribution < -0.4 is 15.4 Å². The van der Waals surface area contributed by atoms with Gasteiger partial charge in [0.1, 0.15) is 5.75 Å². The molecule has 2 N–H and O–H groups in total. The van der Waals surface area contributed by atoms with Crippen molar-refractivity contribution in [3.8, 4) is 5.75 Å². The van der Waals surface area contributed by atoms with Crippen LogP contribution in [-0.4, -0.2) is 38.0 Å². The summed E-state index contributed by atoms with van der Waals surface area (Å²) in [5, 5.41) is 5.13. The molecule has 2 aromatic carbocycles. The van der Waals surface area contributed by atoms with E-state index in [0.29, 0.717) is 24.3 Å². The van der Waals surface area contributed by atoms with Crippen LogP contribution in [0.1, 0.15) is 29.3 Å². The molecule has 0 atom stereocenters. The predicted molar refractivity (Wildman–Crippen MR) is 105 cm³/mol. The molecule has 0 bridgehead atoms. The van der Waals surface area contributed by atoms with Crippen LogP contribution in [0.3, 0.4) is 0 Å². The third-order valence-corrected chi connectivity index (χ3v) is 3.89. The zero-order valence-corrected chi connectivity index (χ0v) is 16.0. The standard InChI is InChI=1S/C21H24N2O5/c1-3-27-18-7-5-4-6-15(18)10-13-20(25)28-14-19(24)23-17-11-8-16(9-12-17)21(26)22-2/h4-9,11-12H,3,10,13-14H2,1-2H3,(H,22,26)(H,23,24). The van der Waals surface area contributed by atoms with Crippen LogP contribution in [0.25, 0.3) is 0 Å². The number of carbonyl (C=O) groups is 3. The van der Waals surface area contributed by atoms with E-state index in [2.05, 4.69) is 10.6 Å². The Balaban J connectivity index is 1.76. The normalized spacial score (nSPS) is 10.1. The molecule has 0 aliphatic heterocycles. The first-order chi connectivity index (χ1) is 13.5. The van der Waals surface area contributed by atoms with Gasteiger partial charge in [0.15, 0.2) is 6.61 Å². The maximum absolute atomic E-state index is 11.9. The highest BCUT2D eigenvalue weighted by atomic mass is 16.5. The lowest BCUT2D eigenvalue weighted by Gasteiger charge is -2.10. The van der Waals surface area contributed by atoms with Crippen LogP contribution in [-0.2, 0) is 20.7 Å². The molecule has 0 fully saturated rings. The van der Waals surface area contributed by atoms with Crippen molar-refractivity contribution in [3.05, 3.63) is 59.7 Å². The zero-order valence-electron chi connectivity index (χ0n) is 16.0. The summed E-state index contributed by atoms with van der Waals surface area (Å²) in [7, 11) is 1.54. The number of benzene rings is 2. The Morgan fingerprint density at radius 2 is 1.71 bits per heavy atom. The Kier molecular flexibility index (Phi) is 8.02. The quantitative estimate of drug-likeness (QED) is 0.648. The van der Waals surface area contributed by atoms with Gasteiger partial charge in [-0.1, -0.05) is 18.2 Å². The average molecular weight is 384 g/mol. The van der Waals surface area contributed by atoms with Gasteiger partial charge in [-0.2, -0.15) is 0 Å². The van der Waals surface area contributed by atoms with Gasteiger partial charge >= 0.3 is 5.97 Å². The first-order valence-electron chi connectivity index (χ1n) is 9.01. The van der Waals surface area contributed by atoms with Gasteiger partial charge in [0.05, 0.1) is 6.61 Å². The molecular formula is C21H24N2O5. The van der Waals surface area contributed by atoms with Crippen molar-refractivity contribution in [2.45, 2.75) is 19.8 Å². The molecule has 148 valence electrons. The van der Waals surface area contributed by atoms with Gasteiger partial charge in [-0.25, -0.2) is 0 Å². The van der Waals surface area contributed by atoms with Crippen LogP contribution in [0.15, 0.2) is 48.5 Å². The topological polar surface area (TPSA) is 93.7 Å². The third kappa shape index (κ3) is 6.42. The highest BCUT2D eigenvalue weighted by Crippen LogP contribution is 2.19. The van der Waals surface area contributed by atoms with Gasteiger partial charge in [0, 0.05) is 24.7 Å². The van der Waals surface area contributed by atoms with Crippen molar-refractivity contribution >= 4 is 23.5 Å². The average Bonchev–Trinajstić information content (AvgIpc) is 2.72. The number of ether oxygens (including phenoxy) is 2. The molecule has 0 spiro atoms. The van der Waals surface area contributed by atoms with E-state index in [-0.39, 0.29) is 18.9 Å². The number of para-hydroxylation sites is 1. The highest BCUT2D eigenvalue weighted by Gasteiger charge is 2.11. The molecular weight excluding hydrogens is 360 g/mol. The van der Waals surface area contributed by atoms with Crippen LogP contribution in [0, 0.1) is 0 Å². The van der Waals surface area contributed by atoms with E-state index in [1.165, 1.54) is 0 Å². The van der Waals surface area contributed by atoms with Crippen LogP contribution in [0.4, 0.5) is 5.69 Å². The molecule has 2 amide bonds. The number of amides is 2. The number of hydrogen-bond acceptors (Lipinski definition) is 5. The summed E-state index contributed by atoms with van der Waals surface area (Å²) in [6.07, 6.45) is 0.621. The maximum atomic E-state index is 11.9. The summed E-state index contributed by atoms with van der Waals surface area (Å²) < 4.78 is 10.5. The van der Waals surface area contributed by atoms with Crippen molar-refractivity contribution in [1.29, 1.82) is 0 Å². The molecule has 0 radical (unpaired) electrons. The van der Waals surface area contributed by atoms with Crippen LogP contribution in [0.2, 0.25) is 0 Å². The van der Waals surface area contributed by atoms with Gasteiger partial charge in [-0.3, -0.25) is 14.4 Å². The largest absolute Gasteiger partial charge is 0.494 e. The fourth-order valence-corrected chi connectivity index (χ4v) is 2.51. The summed E-state index contributed by atoms with van der Waals surface area (Å²) in [5.41, 5.74) is 1.92. The number of nitrogens with one attached hydrogen (secondary N) is 2. The van der Waals surface area contributed by atoms with Crippen LogP contribution >= 0.6 is 0 Å². The number of esters is 1. The molecule has 28 heavy (non-hydrogen) atoms. The number of aryl methyl sites for hydroxylation is 1. The van der Waals surface area contributed by atoms with E-state index in [1.807, 2.05) is 31.2 Å². The second-order valence-corrected chi connectivity index (χ2v) is 5.91. The summed E-state index contributed by atoms with van der Waals surface area (Å²) in [6.45, 7) is 2.07. The van der Waals surface area contributed by atoms with Crippen molar-refractivity contribution in [1.82, 2.24) is 5.32 Å². The predicted octanol–water partition coefficient (Wildman–Crippen LogP) is 2.56. The van der Waals surface area contributed by atoms with Gasteiger partial charge in [0.2, 0.25) is 0 Å². The van der Waals surface area contributed by atoms with Crippen LogP contribution in [0.5, 0.6) is 5.75 Å². The minimum absolute atomic E-state index is 0.151. The van der Waals surface area contributed by atoms with E-state index in [4.69, 9.17) is 9.47 Å². The molecule has 0 heterocycles. The maximum Gasteiger partial charge on any atom is 0.306 e. The van der Waals surface area contributed by atoms with E-state index in [1.54, 1.807) is 31.3 Å². The number of hydrogen-bond donors (Lipinski definition) is 2. The van der Waals surface area contributed by atoms with Crippen molar-refractivity contribution in [2.75, 3.05) is 25.6 Å². The van der Waals surface area contributed by atoms with Gasteiger partial charge in [0.25, 0.3) is 11.8 Å². The summed E-state index contributed by atoms with van der Waals surface area (Å²) >= 11 is 0. The van der Waals surface area contributed by atoms with Crippen molar-refractivity contribution in [3.63, 3.8) is 0 Å². The Bertz CT molecular complexity index is 818. The third-order valence-electron chi connectivity index (χ3n) is 3.89. The zero-order chi connectivity index (χ0) is 20.4. The summed E-state index contributed by atoms with van der Waals surface area (Å²) in [5.74, 6) is -0.374. The molecule has 0 aliphatic carbocycles. The summed E-state index contributed by atoms with van der Waals surface area (Å²) in [4.78, 5) is 35.3. The number of anilines is 1. The van der Waals surface area contributed by atoms with Gasteiger partial charge < -0.3 is 20.1 Å². The Morgan fingerprint density at radius 3 is 2.39 bits per heavy atom. The second-order valence-electron chi connectivity index (χ2n) is 5.91. The van der Waals surface area contributed by atoms with Crippen molar-refractivity contribution in [2.24, 2.45) is 0 Å². The lowest BCUT2D eigenvalue weighted by molar-refractivity contribution is -0.147. The van der Waals surface area contributed by atoms with Gasteiger partial charge in [-0.15, -0.1) is 0 Å². The minimum atomic E-state index is -0.462. The van der Waals surface area contributed by atoms with E-state index < -0.39 is 11.9 Å². The molecule has 7 nitrogen and oxygen atoms in total. The molecule has 2 rings (SSSR count). The molecule has 0 saturated heterocycles. The van der Waals surface area contributed by atoms with Gasteiger partial charge in [-0.05, 0) is 49.2 Å². The lowest BCUT2D eigenvalue weighted by atomic mass is 10.1. The summed E-state index contributed by atoms with van der Waals surface area (Å²) in [6, 6.07) is 13.9. The highest BCUT2D eigenvalue weighted by molar-refractivity contribution is 5.96. The monoisotopic (exact) mass is 384 g/mol. The second kappa shape index (κ2) is 10.7. The molecule has 7 heteroatoms. The van der Waals surface area contributed by atoms with E-state index in [9.17, 15) is 14.4 Å². The Morgan fingerprint density at radius 1 is 1.00 bits per heavy atom. The molecule has 0 saturated carbocycles. The number of rotatable bonds is 9. The molecule has 2 aromatic rings. The SMILES string of the molecule is CCOc1ccccc1CCC(=O)OCC(=O)Nc1ccc(C(=O)NC)cc1. The molecule has 0 aliphatic rings. The molecule has 0 unspecified atom stereocenters.